The van der Waals surface area contributed by atoms with E-state index in [2.05, 4.69) is 378 Å². The molecule has 0 fully saturated rings. The third-order valence-corrected chi connectivity index (χ3v) is 23.7. The van der Waals surface area contributed by atoms with Crippen LogP contribution >= 0.6 is 22.7 Å². The summed E-state index contributed by atoms with van der Waals surface area (Å²) in [5, 5.41) is 14.8. The van der Waals surface area contributed by atoms with Crippen molar-refractivity contribution in [2.45, 2.75) is 55.4 Å². The second kappa shape index (κ2) is 25.1. The Balaban J connectivity index is 0.787. The highest BCUT2D eigenvalue weighted by Crippen LogP contribution is 2.55. The van der Waals surface area contributed by atoms with Crippen molar-refractivity contribution < 1.29 is 0 Å². The molecule has 0 bridgehead atoms. The number of benzene rings is 16. The lowest BCUT2D eigenvalue weighted by Crippen LogP contribution is -2.13. The fourth-order valence-corrected chi connectivity index (χ4v) is 18.8. The van der Waals surface area contributed by atoms with Gasteiger partial charge in [0.1, 0.15) is 0 Å². The van der Waals surface area contributed by atoms with E-state index in [1.165, 1.54) is 150 Å². The van der Waals surface area contributed by atoms with Crippen LogP contribution in [0.1, 0.15) is 44.5 Å². The van der Waals surface area contributed by atoms with E-state index in [0.29, 0.717) is 0 Å². The van der Waals surface area contributed by atoms with Crippen LogP contribution in [0, 0.1) is 55.4 Å². The van der Waals surface area contributed by atoms with Crippen molar-refractivity contribution in [1.82, 2.24) is 0 Å². The number of aryl methyl sites for hydroxylation is 8. The zero-order valence-corrected chi connectivity index (χ0v) is 60.1. The molecule has 0 spiro atoms. The molecule has 4 nitrogen and oxygen atoms in total. The number of hydrogen-bond donors (Lipinski definition) is 0. The van der Waals surface area contributed by atoms with Crippen molar-refractivity contribution in [3.63, 3.8) is 0 Å². The first-order chi connectivity index (χ1) is 49.9. The maximum absolute atomic E-state index is 2.54. The molecule has 0 atom stereocenters. The minimum absolute atomic E-state index is 1.10. The van der Waals surface area contributed by atoms with Crippen LogP contribution in [-0.2, 0) is 0 Å². The van der Waals surface area contributed by atoms with E-state index in [0.717, 1.165) is 56.9 Å². The van der Waals surface area contributed by atoms with Crippen molar-refractivity contribution in [3.05, 3.63) is 348 Å². The fraction of sp³-hybridized carbons (Fsp3) is 0.0833. The van der Waals surface area contributed by atoms with Gasteiger partial charge in [-0.05, 0) is 202 Å². The number of nitrogens with zero attached hydrogens (tertiary/aromatic N) is 4. The van der Waals surface area contributed by atoms with E-state index in [9.17, 15) is 0 Å². The third-order valence-electron chi connectivity index (χ3n) is 21.1. The Morgan fingerprint density at radius 1 is 0.186 bits per heavy atom. The molecule has 0 radical (unpaired) electrons. The molecule has 490 valence electrons. The van der Waals surface area contributed by atoms with E-state index in [4.69, 9.17) is 0 Å². The summed E-state index contributed by atoms with van der Waals surface area (Å²) in [6.07, 6.45) is 0. The third kappa shape index (κ3) is 10.3. The van der Waals surface area contributed by atoms with Crippen molar-refractivity contribution in [2.24, 2.45) is 0 Å². The lowest BCUT2D eigenvalue weighted by molar-refractivity contribution is 1.23. The summed E-state index contributed by atoms with van der Waals surface area (Å²) in [6, 6.07) is 113. The van der Waals surface area contributed by atoms with Crippen LogP contribution in [0.3, 0.4) is 0 Å². The average Bonchev–Trinajstić information content (AvgIpc) is 1.56. The van der Waals surface area contributed by atoms with E-state index in [1.807, 2.05) is 22.7 Å². The summed E-state index contributed by atoms with van der Waals surface area (Å²) in [5.74, 6) is 0. The molecule has 0 N–H and O–H groups in total. The number of thiophene rings is 2. The summed E-state index contributed by atoms with van der Waals surface area (Å²) >= 11 is 3.84. The maximum Gasteiger partial charge on any atom is 0.0547 e. The molecule has 6 heteroatoms. The van der Waals surface area contributed by atoms with Gasteiger partial charge in [0.25, 0.3) is 0 Å². The molecule has 0 aliphatic heterocycles. The normalized spacial score (nSPS) is 11.7. The Bertz CT molecular complexity index is 6380. The molecule has 16 aromatic carbocycles. The van der Waals surface area contributed by atoms with Gasteiger partial charge >= 0.3 is 0 Å². The maximum atomic E-state index is 2.54. The fourth-order valence-electron chi connectivity index (χ4n) is 16.1. The Kier molecular flexibility index (Phi) is 15.4. The van der Waals surface area contributed by atoms with Gasteiger partial charge in [-0.15, -0.1) is 22.7 Å². The van der Waals surface area contributed by atoms with Crippen LogP contribution in [0.5, 0.6) is 0 Å². The molecule has 0 saturated heterocycles. The predicted molar refractivity (Wildman–Crippen MR) is 444 cm³/mol. The van der Waals surface area contributed by atoms with Gasteiger partial charge in [-0.3, -0.25) is 0 Å². The van der Waals surface area contributed by atoms with E-state index < -0.39 is 0 Å². The minimum atomic E-state index is 1.10. The summed E-state index contributed by atoms with van der Waals surface area (Å²) in [4.78, 5) is 10.0. The van der Waals surface area contributed by atoms with Gasteiger partial charge < -0.3 is 19.6 Å². The highest BCUT2D eigenvalue weighted by molar-refractivity contribution is 7.28. The molecule has 102 heavy (non-hydrogen) atoms. The Morgan fingerprint density at radius 2 is 0.490 bits per heavy atom. The van der Waals surface area contributed by atoms with Gasteiger partial charge in [0, 0.05) is 129 Å². The highest BCUT2D eigenvalue weighted by atomic mass is 32.1. The van der Waals surface area contributed by atoms with Crippen molar-refractivity contribution >= 4 is 174 Å². The van der Waals surface area contributed by atoms with Crippen molar-refractivity contribution in [3.8, 4) is 11.1 Å². The van der Waals surface area contributed by atoms with Crippen LogP contribution < -0.4 is 19.6 Å². The summed E-state index contributed by atoms with van der Waals surface area (Å²) < 4.78 is 5.16. The second-order valence-corrected chi connectivity index (χ2v) is 29.6. The van der Waals surface area contributed by atoms with Gasteiger partial charge in [-0.1, -0.05) is 212 Å². The molecule has 2 heterocycles. The monoisotopic (exact) mass is 1350 g/mol. The Morgan fingerprint density at radius 3 is 0.824 bits per heavy atom. The van der Waals surface area contributed by atoms with E-state index >= 15 is 0 Å². The number of anilines is 12. The average molecular weight is 1350 g/mol. The molecular weight excluding hydrogens is 1270 g/mol. The quantitative estimate of drug-likeness (QED) is 0.114. The lowest BCUT2D eigenvalue weighted by atomic mass is 9.95. The molecule has 18 aromatic rings. The smallest absolute Gasteiger partial charge is 0.0547 e. The first-order valence-corrected chi connectivity index (χ1v) is 36.9. The van der Waals surface area contributed by atoms with Crippen LogP contribution in [-0.4, -0.2) is 0 Å². The zero-order valence-electron chi connectivity index (χ0n) is 58.5. The van der Waals surface area contributed by atoms with E-state index in [1.54, 1.807) is 0 Å². The van der Waals surface area contributed by atoms with Crippen molar-refractivity contribution in [2.75, 3.05) is 19.6 Å². The molecule has 0 aliphatic carbocycles. The first-order valence-electron chi connectivity index (χ1n) is 35.3. The molecule has 0 aliphatic rings. The van der Waals surface area contributed by atoms with Crippen LogP contribution in [0.15, 0.2) is 303 Å². The minimum Gasteiger partial charge on any atom is -0.310 e. The Hall–Kier alpha value is -11.8. The summed E-state index contributed by atoms with van der Waals surface area (Å²) in [6.45, 7) is 17.9. The van der Waals surface area contributed by atoms with Crippen LogP contribution in [0.4, 0.5) is 68.2 Å². The molecule has 18 rings (SSSR count). The van der Waals surface area contributed by atoms with E-state index in [-0.39, 0.29) is 0 Å². The van der Waals surface area contributed by atoms with Gasteiger partial charge in [-0.2, -0.15) is 0 Å². The Labute approximate surface area is 604 Å². The number of rotatable bonds is 13. The second-order valence-electron chi connectivity index (χ2n) is 27.6. The molecule has 0 unspecified atom stereocenters. The van der Waals surface area contributed by atoms with Crippen LogP contribution in [0.25, 0.3) is 94.6 Å². The largest absolute Gasteiger partial charge is 0.310 e. The zero-order chi connectivity index (χ0) is 69.0. The topological polar surface area (TPSA) is 13.0 Å². The summed E-state index contributed by atoms with van der Waals surface area (Å²) in [7, 11) is 0. The standard InChI is InChI=1S/C96H74N4S2/c1-59-28-27-34-68(52-59)97(83-43-22-9-29-60(83)2)89-55-79-80-56-90(72-36-15-19-40-76(72)94(80)101-93(79)75-39-18-14-35-71(75)89)98(84-44-23-10-30-61(84)3)69-49-50-70(65(7)54-69)67-48-51-88(66(8)53-67)100(87-47-26-13-33-64(87)6)92-58-82-81-57-91(99(85-45-24-11-31-62(85)4)86-46-25-12-32-63(86)5)73-37-16-20-41-77(73)95(81)102-96(82)78-42-21-17-38-74(78)92/h9-58H,1-8H3. The first kappa shape index (κ1) is 62.5. The number of hydrogen-bond acceptors (Lipinski definition) is 6. The summed E-state index contributed by atoms with van der Waals surface area (Å²) in [5.41, 5.74) is 25.8. The van der Waals surface area contributed by atoms with Gasteiger partial charge in [0.15, 0.2) is 0 Å². The van der Waals surface area contributed by atoms with Crippen LogP contribution in [0.2, 0.25) is 0 Å². The van der Waals surface area contributed by atoms with Gasteiger partial charge in [-0.25, -0.2) is 0 Å². The lowest BCUT2D eigenvalue weighted by Gasteiger charge is -2.30. The van der Waals surface area contributed by atoms with Gasteiger partial charge in [0.2, 0.25) is 0 Å². The predicted octanol–water partition coefficient (Wildman–Crippen LogP) is 29.0. The highest BCUT2D eigenvalue weighted by Gasteiger charge is 2.29. The van der Waals surface area contributed by atoms with Gasteiger partial charge in [0.05, 0.1) is 22.7 Å². The molecule has 2 aromatic heterocycles. The van der Waals surface area contributed by atoms with Crippen molar-refractivity contribution in [1.29, 1.82) is 0 Å². The molecule has 0 amide bonds. The molecular formula is C96H74N4S2. The number of para-hydroxylation sites is 5. The SMILES string of the molecule is Cc1cccc(N(c2ccccc2C)c2cc3c4cc(N(c5ccc(-c6ccc(N(c7ccccc7C)c7cc8c9cc(N(c%10ccccc%10C)c%10ccccc%10C)c%10ccccc%10c9sc8c8ccccc78)c(C)c6)c(C)c5)c5ccccc5C)c5ccccc5c4sc3c3ccccc23)c1. The number of fused-ring (bicyclic) bond motifs is 14. The molecule has 0 saturated carbocycles.